The van der Waals surface area contributed by atoms with Gasteiger partial charge in [0.05, 0.1) is 18.6 Å². The van der Waals surface area contributed by atoms with E-state index in [1.165, 1.54) is 35.5 Å². The second-order valence-corrected chi connectivity index (χ2v) is 9.74. The Morgan fingerprint density at radius 2 is 1.83 bits per heavy atom. The van der Waals surface area contributed by atoms with Crippen LogP contribution in [0.1, 0.15) is 6.92 Å². The number of aliphatic hydroxyl groups excluding tert-OH is 1. The zero-order valence-corrected chi connectivity index (χ0v) is 20.4. The minimum atomic E-state index is -3.84. The van der Waals surface area contributed by atoms with Crippen LogP contribution in [-0.4, -0.2) is 53.5 Å². The minimum absolute atomic E-state index is 0.225. The number of fused-ring (bicyclic) bond motifs is 1. The van der Waals surface area contributed by atoms with Crippen molar-refractivity contribution in [3.05, 3.63) is 76.4 Å². The molecule has 0 unspecified atom stereocenters. The summed E-state index contributed by atoms with van der Waals surface area (Å²) in [4.78, 5) is 13.2. The van der Waals surface area contributed by atoms with E-state index in [9.17, 15) is 18.3 Å². The second-order valence-electron chi connectivity index (χ2n) is 7.41. The van der Waals surface area contributed by atoms with E-state index in [-0.39, 0.29) is 22.8 Å². The van der Waals surface area contributed by atoms with Crippen LogP contribution < -0.4 is 15.0 Å². The van der Waals surface area contributed by atoms with Gasteiger partial charge >= 0.3 is 0 Å². The molecule has 10 nitrogen and oxygen atoms in total. The van der Waals surface area contributed by atoms with Crippen molar-refractivity contribution < 1.29 is 27.2 Å². The Balaban J connectivity index is 1.60. The fraction of sp³-hybridized carbons (Fsp3) is 0.217. The van der Waals surface area contributed by atoms with Crippen molar-refractivity contribution in [2.75, 3.05) is 19.5 Å². The topological polar surface area (TPSA) is 121 Å². The number of halogens is 1. The lowest BCUT2D eigenvalue weighted by molar-refractivity contribution is -0.0435. The highest BCUT2D eigenvalue weighted by Gasteiger charge is 2.18. The third-order valence-corrected chi connectivity index (χ3v) is 6.60. The minimum Gasteiger partial charge on any atom is -0.493 e. The molecule has 35 heavy (non-hydrogen) atoms. The first-order valence-electron chi connectivity index (χ1n) is 10.5. The summed E-state index contributed by atoms with van der Waals surface area (Å²) in [5.74, 6) is 0.206. The van der Waals surface area contributed by atoms with Gasteiger partial charge in [-0.05, 0) is 42.8 Å². The third-order valence-electron chi connectivity index (χ3n) is 5.13. The number of nitrogens with zero attached hydrogens (tertiary/aromatic N) is 3. The number of hydrogen-bond acceptors (Lipinski definition) is 8. The zero-order chi connectivity index (χ0) is 25.2. The van der Waals surface area contributed by atoms with Gasteiger partial charge in [0.25, 0.3) is 15.7 Å². The Kier molecular flexibility index (Phi) is 7.13. The molecule has 0 radical (unpaired) electrons. The number of aromatic nitrogens is 3. The van der Waals surface area contributed by atoms with Gasteiger partial charge in [-0.25, -0.2) is 8.70 Å². The maximum Gasteiger partial charge on any atom is 0.282 e. The Morgan fingerprint density at radius 3 is 2.51 bits per heavy atom. The molecule has 0 amide bonds. The monoisotopic (exact) mass is 519 g/mol. The number of rotatable bonds is 9. The Morgan fingerprint density at radius 1 is 1.09 bits per heavy atom. The Hall–Kier alpha value is -3.38. The highest BCUT2D eigenvalue weighted by atomic mass is 35.5. The first kappa shape index (κ1) is 24.7. The van der Waals surface area contributed by atoms with E-state index < -0.39 is 23.0 Å². The van der Waals surface area contributed by atoms with Gasteiger partial charge in [0.1, 0.15) is 18.5 Å². The molecule has 0 aliphatic carbocycles. The Labute approximate surface area is 206 Å². The standard InChI is InChI=1S/C23H22ClN3O7S/c1-3-35(30,31)34-22(28)13-33-20-9-8-18(11-21(20)32-2)26-14-25-27-12-16(10-19(27)23(26)29)15-4-6-17(24)7-5-15/h4-12,14,22,28H,3,13H2,1-2H3/t22-/m1/s1. The first-order chi connectivity index (χ1) is 16.7. The molecule has 1 N–H and O–H groups in total. The highest BCUT2D eigenvalue weighted by molar-refractivity contribution is 7.86. The zero-order valence-electron chi connectivity index (χ0n) is 18.8. The predicted octanol–water partition coefficient (Wildman–Crippen LogP) is 2.88. The van der Waals surface area contributed by atoms with Gasteiger partial charge in [-0.2, -0.15) is 13.5 Å². The normalized spacial score (nSPS) is 12.6. The molecule has 4 rings (SSSR count). The van der Waals surface area contributed by atoms with Crippen LogP contribution in [0.4, 0.5) is 0 Å². The molecular formula is C23H22ClN3O7S. The SMILES string of the molecule is CCS(=O)(=O)O[C@@H](O)COc1ccc(-n2cnn3cc(-c4ccc(Cl)cc4)cc3c2=O)cc1OC. The van der Waals surface area contributed by atoms with Crippen molar-refractivity contribution >= 4 is 27.2 Å². The van der Waals surface area contributed by atoms with E-state index in [1.54, 1.807) is 36.5 Å². The third kappa shape index (κ3) is 5.49. The van der Waals surface area contributed by atoms with Gasteiger partial charge in [0, 0.05) is 22.8 Å². The fourth-order valence-corrected chi connectivity index (χ4v) is 3.98. The van der Waals surface area contributed by atoms with Gasteiger partial charge in [-0.3, -0.25) is 9.36 Å². The molecule has 0 bridgehead atoms. The maximum atomic E-state index is 13.2. The van der Waals surface area contributed by atoms with Crippen LogP contribution in [-0.2, 0) is 14.3 Å². The van der Waals surface area contributed by atoms with Gasteiger partial charge < -0.3 is 14.6 Å². The molecule has 0 spiro atoms. The average molecular weight is 520 g/mol. The molecule has 0 aliphatic heterocycles. The molecule has 0 saturated carbocycles. The first-order valence-corrected chi connectivity index (χ1v) is 12.4. The highest BCUT2D eigenvalue weighted by Crippen LogP contribution is 2.30. The molecule has 1 atom stereocenters. The van der Waals surface area contributed by atoms with Crippen LogP contribution in [0, 0.1) is 0 Å². The number of aliphatic hydroxyl groups is 1. The smallest absolute Gasteiger partial charge is 0.282 e. The molecule has 2 heterocycles. The molecular weight excluding hydrogens is 498 g/mol. The van der Waals surface area contributed by atoms with E-state index in [1.807, 2.05) is 12.1 Å². The summed E-state index contributed by atoms with van der Waals surface area (Å²) in [5.41, 5.74) is 2.25. The summed E-state index contributed by atoms with van der Waals surface area (Å²) in [6.07, 6.45) is 1.47. The summed E-state index contributed by atoms with van der Waals surface area (Å²) < 4.78 is 41.1. The molecule has 0 fully saturated rings. The van der Waals surface area contributed by atoms with Crippen molar-refractivity contribution in [1.82, 2.24) is 14.2 Å². The van der Waals surface area contributed by atoms with Crippen LogP contribution in [0.15, 0.2) is 65.8 Å². The molecule has 0 aliphatic rings. The molecule has 2 aromatic heterocycles. The lowest BCUT2D eigenvalue weighted by Crippen LogP contribution is -2.25. The molecule has 2 aromatic carbocycles. The van der Waals surface area contributed by atoms with Crippen molar-refractivity contribution in [1.29, 1.82) is 0 Å². The van der Waals surface area contributed by atoms with E-state index >= 15 is 0 Å². The van der Waals surface area contributed by atoms with Gasteiger partial charge in [-0.15, -0.1) is 0 Å². The maximum absolute atomic E-state index is 13.2. The average Bonchev–Trinajstić information content (AvgIpc) is 3.28. The number of ether oxygens (including phenoxy) is 2. The van der Waals surface area contributed by atoms with E-state index in [0.717, 1.165) is 11.1 Å². The number of methoxy groups -OCH3 is 1. The summed E-state index contributed by atoms with van der Waals surface area (Å²) in [6.45, 7) is 0.950. The van der Waals surface area contributed by atoms with Gasteiger partial charge in [0.15, 0.2) is 11.5 Å². The fourth-order valence-electron chi connectivity index (χ4n) is 3.33. The molecule has 12 heteroatoms. The Bertz CT molecular complexity index is 1510. The van der Waals surface area contributed by atoms with Crippen LogP contribution in [0.5, 0.6) is 11.5 Å². The van der Waals surface area contributed by atoms with Crippen molar-refractivity contribution in [2.24, 2.45) is 0 Å². The lowest BCUT2D eigenvalue weighted by Gasteiger charge is -2.15. The summed E-state index contributed by atoms with van der Waals surface area (Å²) >= 11 is 5.96. The van der Waals surface area contributed by atoms with Crippen LogP contribution in [0.3, 0.4) is 0 Å². The largest absolute Gasteiger partial charge is 0.493 e. The van der Waals surface area contributed by atoms with E-state index in [2.05, 4.69) is 9.28 Å². The van der Waals surface area contributed by atoms with Gasteiger partial charge in [-0.1, -0.05) is 23.7 Å². The number of hydrogen-bond donors (Lipinski definition) is 1. The molecule has 0 saturated heterocycles. The van der Waals surface area contributed by atoms with Crippen LogP contribution in [0.25, 0.3) is 22.3 Å². The molecule has 184 valence electrons. The number of benzene rings is 2. The molecule has 4 aromatic rings. The van der Waals surface area contributed by atoms with Crippen molar-refractivity contribution in [3.63, 3.8) is 0 Å². The second kappa shape index (κ2) is 10.1. The lowest BCUT2D eigenvalue weighted by atomic mass is 10.1. The van der Waals surface area contributed by atoms with Crippen LogP contribution in [0.2, 0.25) is 5.02 Å². The summed E-state index contributed by atoms with van der Waals surface area (Å²) in [6, 6.07) is 13.7. The van der Waals surface area contributed by atoms with Crippen molar-refractivity contribution in [3.8, 4) is 28.3 Å². The van der Waals surface area contributed by atoms with Gasteiger partial charge in [0.2, 0.25) is 6.29 Å². The predicted molar refractivity (Wildman–Crippen MR) is 130 cm³/mol. The van der Waals surface area contributed by atoms with Crippen molar-refractivity contribution in [2.45, 2.75) is 13.2 Å². The summed E-state index contributed by atoms with van der Waals surface area (Å²) in [7, 11) is -2.42. The quantitative estimate of drug-likeness (QED) is 0.265. The summed E-state index contributed by atoms with van der Waals surface area (Å²) in [5, 5.41) is 14.7. The van der Waals surface area contributed by atoms with E-state index in [4.69, 9.17) is 21.1 Å². The van der Waals surface area contributed by atoms with Crippen LogP contribution >= 0.6 is 11.6 Å². The van der Waals surface area contributed by atoms with E-state index in [0.29, 0.717) is 16.2 Å².